The molecule has 1 aliphatic heterocycles. The lowest BCUT2D eigenvalue weighted by molar-refractivity contribution is 0.0729. The lowest BCUT2D eigenvalue weighted by atomic mass is 10.0. The number of hydrogen-bond donors (Lipinski definition) is 0. The normalized spacial score (nSPS) is 16.8. The number of carbonyl (C=O) groups is 1. The monoisotopic (exact) mass is 407 g/mol. The predicted octanol–water partition coefficient (Wildman–Crippen LogP) is 4.58. The van der Waals surface area contributed by atoms with E-state index in [1.807, 2.05) is 12.1 Å². The predicted molar refractivity (Wildman–Crippen MR) is 96.7 cm³/mol. The van der Waals surface area contributed by atoms with Gasteiger partial charge in [-0.25, -0.2) is 4.39 Å². The van der Waals surface area contributed by atoms with Gasteiger partial charge in [0.25, 0.3) is 5.91 Å². The van der Waals surface area contributed by atoms with Crippen molar-refractivity contribution >= 4 is 21.8 Å². The fourth-order valence-corrected chi connectivity index (χ4v) is 3.58. The summed E-state index contributed by atoms with van der Waals surface area (Å²) in [6, 6.07) is 9.92. The third-order valence-electron chi connectivity index (χ3n) is 4.47. The summed E-state index contributed by atoms with van der Waals surface area (Å²) in [5.41, 5.74) is 0.995. The number of carbonyl (C=O) groups excluding carboxylic acids is 1. The second kappa shape index (κ2) is 7.44. The van der Waals surface area contributed by atoms with Crippen LogP contribution in [0.3, 0.4) is 0 Å². The minimum atomic E-state index is -0.522. The first-order valence-corrected chi connectivity index (χ1v) is 8.82. The largest absolute Gasteiger partial charge is 0.497 e. The Morgan fingerprint density at radius 1 is 1.20 bits per heavy atom. The van der Waals surface area contributed by atoms with Crippen LogP contribution in [0.25, 0.3) is 0 Å². The molecule has 0 aliphatic carbocycles. The molecule has 1 unspecified atom stereocenters. The second-order valence-corrected chi connectivity index (χ2v) is 6.80. The summed E-state index contributed by atoms with van der Waals surface area (Å²) in [6.45, 7) is 0.591. The van der Waals surface area contributed by atoms with Crippen LogP contribution >= 0.6 is 15.9 Å². The van der Waals surface area contributed by atoms with Gasteiger partial charge in [0.2, 0.25) is 0 Å². The van der Waals surface area contributed by atoms with Crippen molar-refractivity contribution in [2.75, 3.05) is 20.8 Å². The standard InChI is InChI=1S/C19H19BrFNO3/c1-24-13-6-8-15(18(11-13)25-2)17-4-3-9-22(17)19(23)14-7-5-12(20)10-16(14)21/h5-8,10-11,17H,3-4,9H2,1-2H3. The van der Waals surface area contributed by atoms with Gasteiger partial charge >= 0.3 is 0 Å². The summed E-state index contributed by atoms with van der Waals surface area (Å²) in [7, 11) is 3.18. The van der Waals surface area contributed by atoms with Gasteiger partial charge in [-0.3, -0.25) is 4.79 Å². The zero-order valence-corrected chi connectivity index (χ0v) is 15.7. The van der Waals surface area contributed by atoms with Crippen LogP contribution in [0.2, 0.25) is 0 Å². The van der Waals surface area contributed by atoms with Crippen LogP contribution in [0.1, 0.15) is 34.8 Å². The molecule has 0 bridgehead atoms. The highest BCUT2D eigenvalue weighted by Gasteiger charge is 2.33. The van der Waals surface area contributed by atoms with E-state index in [4.69, 9.17) is 9.47 Å². The molecule has 2 aromatic rings. The first-order valence-electron chi connectivity index (χ1n) is 8.03. The molecule has 4 nitrogen and oxygen atoms in total. The average Bonchev–Trinajstić information content (AvgIpc) is 3.10. The fraction of sp³-hybridized carbons (Fsp3) is 0.316. The minimum absolute atomic E-state index is 0.0857. The number of rotatable bonds is 4. The summed E-state index contributed by atoms with van der Waals surface area (Å²) in [6.07, 6.45) is 1.68. The zero-order chi connectivity index (χ0) is 18.0. The molecule has 1 heterocycles. The second-order valence-electron chi connectivity index (χ2n) is 5.89. The first-order chi connectivity index (χ1) is 12.0. The van der Waals surface area contributed by atoms with Crippen molar-refractivity contribution in [1.29, 1.82) is 0 Å². The molecule has 0 radical (unpaired) electrons. The lowest BCUT2D eigenvalue weighted by Crippen LogP contribution is -2.31. The fourth-order valence-electron chi connectivity index (χ4n) is 3.24. The summed E-state index contributed by atoms with van der Waals surface area (Å²) in [5.74, 6) is 0.535. The van der Waals surface area contributed by atoms with E-state index >= 15 is 0 Å². The molecule has 1 aliphatic rings. The third-order valence-corrected chi connectivity index (χ3v) is 4.97. The van der Waals surface area contributed by atoms with Crippen molar-refractivity contribution in [3.63, 3.8) is 0 Å². The lowest BCUT2D eigenvalue weighted by Gasteiger charge is -2.27. The van der Waals surface area contributed by atoms with Crippen molar-refractivity contribution in [3.05, 3.63) is 57.8 Å². The summed E-state index contributed by atoms with van der Waals surface area (Å²) >= 11 is 3.22. The van der Waals surface area contributed by atoms with Crippen LogP contribution in [-0.4, -0.2) is 31.6 Å². The van der Waals surface area contributed by atoms with Gasteiger partial charge in [-0.15, -0.1) is 0 Å². The minimum Gasteiger partial charge on any atom is -0.497 e. The molecule has 0 N–H and O–H groups in total. The molecule has 25 heavy (non-hydrogen) atoms. The van der Waals surface area contributed by atoms with E-state index < -0.39 is 5.82 Å². The topological polar surface area (TPSA) is 38.8 Å². The summed E-state index contributed by atoms with van der Waals surface area (Å²) < 4.78 is 25.5. The van der Waals surface area contributed by atoms with Gasteiger partial charge in [-0.05, 0) is 43.2 Å². The van der Waals surface area contributed by atoms with E-state index in [-0.39, 0.29) is 17.5 Å². The number of methoxy groups -OCH3 is 2. The number of ether oxygens (including phenoxy) is 2. The molecule has 6 heteroatoms. The Bertz CT molecular complexity index is 796. The summed E-state index contributed by atoms with van der Waals surface area (Å²) in [5, 5.41) is 0. The Labute approximate surface area is 154 Å². The molecular weight excluding hydrogens is 389 g/mol. The van der Waals surface area contributed by atoms with Gasteiger partial charge in [0, 0.05) is 22.6 Å². The van der Waals surface area contributed by atoms with Crippen molar-refractivity contribution < 1.29 is 18.7 Å². The molecule has 0 aromatic heterocycles. The Morgan fingerprint density at radius 3 is 2.68 bits per heavy atom. The van der Waals surface area contributed by atoms with Crippen molar-refractivity contribution in [3.8, 4) is 11.5 Å². The van der Waals surface area contributed by atoms with Crippen molar-refractivity contribution in [2.45, 2.75) is 18.9 Å². The number of likely N-dealkylation sites (tertiary alicyclic amines) is 1. The number of hydrogen-bond acceptors (Lipinski definition) is 3. The van der Waals surface area contributed by atoms with E-state index in [1.54, 1.807) is 31.3 Å². The Balaban J connectivity index is 1.94. The van der Waals surface area contributed by atoms with Crippen LogP contribution < -0.4 is 9.47 Å². The highest BCUT2D eigenvalue weighted by Crippen LogP contribution is 2.39. The van der Waals surface area contributed by atoms with E-state index in [9.17, 15) is 9.18 Å². The van der Waals surface area contributed by atoms with Gasteiger partial charge in [0.15, 0.2) is 0 Å². The summed E-state index contributed by atoms with van der Waals surface area (Å²) in [4.78, 5) is 14.6. The molecule has 3 rings (SSSR count). The Kier molecular flexibility index (Phi) is 5.27. The van der Waals surface area contributed by atoms with Crippen LogP contribution in [-0.2, 0) is 0 Å². The van der Waals surface area contributed by atoms with Gasteiger partial charge in [-0.1, -0.05) is 15.9 Å². The van der Waals surface area contributed by atoms with E-state index in [1.165, 1.54) is 12.1 Å². The number of amides is 1. The Morgan fingerprint density at radius 2 is 2.00 bits per heavy atom. The Hall–Kier alpha value is -2.08. The van der Waals surface area contributed by atoms with Crippen molar-refractivity contribution in [2.24, 2.45) is 0 Å². The molecule has 0 saturated carbocycles. The maximum absolute atomic E-state index is 14.2. The van der Waals surface area contributed by atoms with Crippen LogP contribution in [0, 0.1) is 5.82 Å². The quantitative estimate of drug-likeness (QED) is 0.744. The molecule has 2 aromatic carbocycles. The maximum Gasteiger partial charge on any atom is 0.257 e. The third kappa shape index (κ3) is 3.49. The number of nitrogens with zero attached hydrogens (tertiary/aromatic N) is 1. The van der Waals surface area contributed by atoms with Crippen molar-refractivity contribution in [1.82, 2.24) is 4.90 Å². The molecule has 1 fully saturated rings. The highest BCUT2D eigenvalue weighted by molar-refractivity contribution is 9.10. The number of halogens is 2. The highest BCUT2D eigenvalue weighted by atomic mass is 79.9. The van der Waals surface area contributed by atoms with Gasteiger partial charge in [0.05, 0.1) is 25.8 Å². The molecule has 1 amide bonds. The van der Waals surface area contributed by atoms with E-state index in [0.29, 0.717) is 22.5 Å². The number of benzene rings is 2. The SMILES string of the molecule is COc1ccc(C2CCCN2C(=O)c2ccc(Br)cc2F)c(OC)c1. The van der Waals surface area contributed by atoms with E-state index in [2.05, 4.69) is 15.9 Å². The zero-order valence-electron chi connectivity index (χ0n) is 14.1. The van der Waals surface area contributed by atoms with Gasteiger partial charge < -0.3 is 14.4 Å². The van der Waals surface area contributed by atoms with E-state index in [0.717, 1.165) is 18.4 Å². The smallest absolute Gasteiger partial charge is 0.257 e. The van der Waals surface area contributed by atoms with Gasteiger partial charge in [-0.2, -0.15) is 0 Å². The molecule has 1 saturated heterocycles. The molecule has 0 spiro atoms. The first kappa shape index (κ1) is 17.7. The van der Waals surface area contributed by atoms with Crippen LogP contribution in [0.5, 0.6) is 11.5 Å². The van der Waals surface area contributed by atoms with Crippen LogP contribution in [0.15, 0.2) is 40.9 Å². The average molecular weight is 408 g/mol. The molecular formula is C19H19BrFNO3. The van der Waals surface area contributed by atoms with Crippen LogP contribution in [0.4, 0.5) is 4.39 Å². The maximum atomic E-state index is 14.2. The van der Waals surface area contributed by atoms with Gasteiger partial charge in [0.1, 0.15) is 17.3 Å². The molecule has 1 atom stereocenters. The molecule has 132 valence electrons.